The number of aliphatic hydroxyl groups excluding tert-OH is 1. The van der Waals surface area contributed by atoms with E-state index in [1.807, 2.05) is 23.5 Å². The van der Waals surface area contributed by atoms with E-state index in [2.05, 4.69) is 45.0 Å². The third kappa shape index (κ3) is 4.19. The molecule has 20 heavy (non-hydrogen) atoms. The van der Waals surface area contributed by atoms with Crippen molar-refractivity contribution in [2.75, 3.05) is 11.5 Å². The molecule has 0 saturated carbocycles. The van der Waals surface area contributed by atoms with Crippen LogP contribution in [0, 0.1) is 5.92 Å². The van der Waals surface area contributed by atoms with Crippen molar-refractivity contribution in [3.63, 3.8) is 0 Å². The van der Waals surface area contributed by atoms with Gasteiger partial charge in [-0.05, 0) is 29.9 Å². The van der Waals surface area contributed by atoms with Crippen LogP contribution in [0.15, 0.2) is 24.3 Å². The minimum absolute atomic E-state index is 0.329. The van der Waals surface area contributed by atoms with E-state index < -0.39 is 0 Å². The molecule has 1 aromatic carbocycles. The molecule has 1 N–H and O–H groups in total. The summed E-state index contributed by atoms with van der Waals surface area (Å²) in [6.45, 7) is 6.71. The zero-order chi connectivity index (χ0) is 14.5. The maximum absolute atomic E-state index is 10.8. The van der Waals surface area contributed by atoms with Crippen LogP contribution in [0.3, 0.4) is 0 Å². The number of rotatable bonds is 5. The van der Waals surface area contributed by atoms with Crippen molar-refractivity contribution < 1.29 is 5.11 Å². The fourth-order valence-corrected chi connectivity index (χ4v) is 5.93. The normalized spacial score (nSPS) is 24.9. The number of thioether (sulfide) groups is 2. The topological polar surface area (TPSA) is 20.2 Å². The van der Waals surface area contributed by atoms with Crippen molar-refractivity contribution in [3.05, 3.63) is 35.4 Å². The lowest BCUT2D eigenvalue weighted by atomic mass is 9.97. The van der Waals surface area contributed by atoms with E-state index in [0.29, 0.717) is 16.4 Å². The van der Waals surface area contributed by atoms with Gasteiger partial charge in [-0.2, -0.15) is 23.5 Å². The lowest BCUT2D eigenvalue weighted by Crippen LogP contribution is -2.31. The standard InChI is InChI=1S/C17H26OS2/c1-4-15-17(20-9-8-19-15)16(18)14-7-5-6-13(11-14)10-12(2)3/h5-7,11-12,15-18H,4,8-10H2,1-3H3. The Balaban J connectivity index is 2.12. The smallest absolute Gasteiger partial charge is 0.0919 e. The summed E-state index contributed by atoms with van der Waals surface area (Å²) in [7, 11) is 0. The highest BCUT2D eigenvalue weighted by atomic mass is 32.2. The summed E-state index contributed by atoms with van der Waals surface area (Å²) in [5.74, 6) is 3.04. The second kappa shape index (κ2) is 7.77. The van der Waals surface area contributed by atoms with Gasteiger partial charge in [0.1, 0.15) is 0 Å². The van der Waals surface area contributed by atoms with Crippen LogP contribution in [0.25, 0.3) is 0 Å². The molecule has 1 aliphatic rings. The van der Waals surface area contributed by atoms with Gasteiger partial charge in [0.05, 0.1) is 6.10 Å². The van der Waals surface area contributed by atoms with Crippen molar-refractivity contribution >= 4 is 23.5 Å². The van der Waals surface area contributed by atoms with Crippen molar-refractivity contribution in [1.82, 2.24) is 0 Å². The summed E-state index contributed by atoms with van der Waals surface area (Å²) in [5.41, 5.74) is 2.44. The molecule has 3 unspecified atom stereocenters. The van der Waals surface area contributed by atoms with E-state index in [1.165, 1.54) is 11.3 Å². The third-order valence-corrected chi connectivity index (χ3v) is 7.08. The zero-order valence-electron chi connectivity index (χ0n) is 12.7. The van der Waals surface area contributed by atoms with Crippen LogP contribution in [0.1, 0.15) is 44.4 Å². The Morgan fingerprint density at radius 1 is 1.25 bits per heavy atom. The molecule has 0 aromatic heterocycles. The van der Waals surface area contributed by atoms with Gasteiger partial charge in [-0.15, -0.1) is 0 Å². The van der Waals surface area contributed by atoms with Crippen molar-refractivity contribution in [1.29, 1.82) is 0 Å². The predicted octanol–water partition coefficient (Wildman–Crippen LogP) is 4.55. The maximum Gasteiger partial charge on any atom is 0.0919 e. The van der Waals surface area contributed by atoms with E-state index in [4.69, 9.17) is 0 Å². The van der Waals surface area contributed by atoms with E-state index in [1.54, 1.807) is 0 Å². The molecule has 1 aliphatic heterocycles. The highest BCUT2D eigenvalue weighted by molar-refractivity contribution is 8.07. The molecular formula is C17H26OS2. The van der Waals surface area contributed by atoms with Gasteiger partial charge < -0.3 is 5.11 Å². The fourth-order valence-electron chi connectivity index (χ4n) is 2.80. The van der Waals surface area contributed by atoms with Gasteiger partial charge in [-0.3, -0.25) is 0 Å². The second-order valence-corrected chi connectivity index (χ2v) is 8.57. The lowest BCUT2D eigenvalue weighted by molar-refractivity contribution is 0.172. The first-order chi connectivity index (χ1) is 9.61. The number of hydrogen-bond donors (Lipinski definition) is 1. The molecule has 1 nitrogen and oxygen atoms in total. The van der Waals surface area contributed by atoms with Crippen molar-refractivity contribution in [2.45, 2.75) is 50.2 Å². The highest BCUT2D eigenvalue weighted by Crippen LogP contribution is 2.40. The summed E-state index contributed by atoms with van der Waals surface area (Å²) in [5, 5.41) is 11.7. The second-order valence-electron chi connectivity index (χ2n) is 5.94. The van der Waals surface area contributed by atoms with Crippen LogP contribution in [0.4, 0.5) is 0 Å². The predicted molar refractivity (Wildman–Crippen MR) is 92.7 cm³/mol. The Kier molecular flexibility index (Phi) is 6.31. The average Bonchev–Trinajstić information content (AvgIpc) is 2.46. The van der Waals surface area contributed by atoms with Gasteiger partial charge in [0.25, 0.3) is 0 Å². The van der Waals surface area contributed by atoms with Crippen LogP contribution in [-0.4, -0.2) is 27.1 Å². The summed E-state index contributed by atoms with van der Waals surface area (Å²) in [6.07, 6.45) is 1.90. The summed E-state index contributed by atoms with van der Waals surface area (Å²) in [6, 6.07) is 8.56. The molecule has 2 rings (SSSR count). The number of benzene rings is 1. The molecule has 1 heterocycles. The molecular weight excluding hydrogens is 284 g/mol. The van der Waals surface area contributed by atoms with Gasteiger partial charge in [0.15, 0.2) is 0 Å². The van der Waals surface area contributed by atoms with Crippen LogP contribution in [0.5, 0.6) is 0 Å². The van der Waals surface area contributed by atoms with Gasteiger partial charge in [0, 0.05) is 22.0 Å². The molecule has 3 atom stereocenters. The van der Waals surface area contributed by atoms with Crippen LogP contribution in [-0.2, 0) is 6.42 Å². The molecule has 0 bridgehead atoms. The van der Waals surface area contributed by atoms with Crippen LogP contribution in [0.2, 0.25) is 0 Å². The molecule has 0 aliphatic carbocycles. The van der Waals surface area contributed by atoms with E-state index in [0.717, 1.165) is 24.2 Å². The van der Waals surface area contributed by atoms with Gasteiger partial charge in [0.2, 0.25) is 0 Å². The fraction of sp³-hybridized carbons (Fsp3) is 0.647. The van der Waals surface area contributed by atoms with Gasteiger partial charge >= 0.3 is 0 Å². The molecule has 112 valence electrons. The Morgan fingerprint density at radius 3 is 2.70 bits per heavy atom. The average molecular weight is 311 g/mol. The molecule has 0 spiro atoms. The quantitative estimate of drug-likeness (QED) is 0.862. The Morgan fingerprint density at radius 2 is 2.00 bits per heavy atom. The number of aliphatic hydroxyl groups is 1. The first kappa shape index (κ1) is 16.3. The van der Waals surface area contributed by atoms with E-state index in [9.17, 15) is 5.11 Å². The maximum atomic E-state index is 10.8. The molecule has 0 radical (unpaired) electrons. The molecule has 1 aromatic rings. The first-order valence-electron chi connectivity index (χ1n) is 7.62. The minimum atomic E-state index is -0.329. The lowest BCUT2D eigenvalue weighted by Gasteiger charge is -2.33. The van der Waals surface area contributed by atoms with Crippen molar-refractivity contribution in [2.24, 2.45) is 5.92 Å². The summed E-state index contributed by atoms with van der Waals surface area (Å²) in [4.78, 5) is 0. The van der Waals surface area contributed by atoms with Crippen LogP contribution < -0.4 is 0 Å². The van der Waals surface area contributed by atoms with E-state index >= 15 is 0 Å². The SMILES string of the molecule is CCC1SCCSC1C(O)c1cccc(CC(C)C)c1. The van der Waals surface area contributed by atoms with E-state index in [-0.39, 0.29) is 6.10 Å². The Hall–Kier alpha value is -0.120. The highest BCUT2D eigenvalue weighted by Gasteiger charge is 2.31. The monoisotopic (exact) mass is 310 g/mol. The Labute approximate surface area is 131 Å². The molecule has 1 fully saturated rings. The first-order valence-corrected chi connectivity index (χ1v) is 9.71. The van der Waals surface area contributed by atoms with Gasteiger partial charge in [-0.25, -0.2) is 0 Å². The molecule has 3 heteroatoms. The summed E-state index contributed by atoms with van der Waals surface area (Å²) < 4.78 is 0. The third-order valence-electron chi connectivity index (χ3n) is 3.74. The zero-order valence-corrected chi connectivity index (χ0v) is 14.3. The largest absolute Gasteiger partial charge is 0.387 e. The molecule has 0 amide bonds. The minimum Gasteiger partial charge on any atom is -0.387 e. The Bertz CT molecular complexity index is 419. The van der Waals surface area contributed by atoms with Gasteiger partial charge in [-0.1, -0.05) is 45.0 Å². The summed E-state index contributed by atoms with van der Waals surface area (Å²) >= 11 is 3.98. The molecule has 1 saturated heterocycles. The van der Waals surface area contributed by atoms with Crippen molar-refractivity contribution in [3.8, 4) is 0 Å². The number of hydrogen-bond acceptors (Lipinski definition) is 3. The van der Waals surface area contributed by atoms with Crippen LogP contribution >= 0.6 is 23.5 Å².